The van der Waals surface area contributed by atoms with Gasteiger partial charge in [0, 0.05) is 5.92 Å². The SMILES string of the molecule is CCC(N)(CC)C(=O)C1CC1c1ccccc1. The molecule has 0 radical (unpaired) electrons. The number of benzene rings is 1. The molecule has 2 nitrogen and oxygen atoms in total. The fourth-order valence-electron chi connectivity index (χ4n) is 2.52. The third kappa shape index (κ3) is 2.27. The van der Waals surface area contributed by atoms with Gasteiger partial charge in [-0.3, -0.25) is 4.79 Å². The Morgan fingerprint density at radius 3 is 2.41 bits per heavy atom. The number of ketones is 1. The molecule has 0 bridgehead atoms. The van der Waals surface area contributed by atoms with Gasteiger partial charge in [-0.15, -0.1) is 0 Å². The van der Waals surface area contributed by atoms with E-state index in [9.17, 15) is 4.79 Å². The van der Waals surface area contributed by atoms with Crippen LogP contribution in [-0.4, -0.2) is 11.3 Å². The summed E-state index contributed by atoms with van der Waals surface area (Å²) in [6, 6.07) is 10.3. The van der Waals surface area contributed by atoms with Crippen LogP contribution in [0.5, 0.6) is 0 Å². The van der Waals surface area contributed by atoms with Crippen molar-refractivity contribution in [2.75, 3.05) is 0 Å². The fourth-order valence-corrected chi connectivity index (χ4v) is 2.52. The number of hydrogen-bond acceptors (Lipinski definition) is 2. The summed E-state index contributed by atoms with van der Waals surface area (Å²) in [6.07, 6.45) is 2.45. The molecule has 0 heterocycles. The van der Waals surface area contributed by atoms with Crippen molar-refractivity contribution in [3.63, 3.8) is 0 Å². The van der Waals surface area contributed by atoms with Crippen LogP contribution in [0.2, 0.25) is 0 Å². The predicted octanol–water partition coefficient (Wildman–Crippen LogP) is 2.88. The number of rotatable bonds is 5. The predicted molar refractivity (Wildman–Crippen MR) is 69.8 cm³/mol. The second-order valence-corrected chi connectivity index (χ2v) is 5.09. The van der Waals surface area contributed by atoms with Crippen molar-refractivity contribution in [2.24, 2.45) is 11.7 Å². The van der Waals surface area contributed by atoms with Crippen molar-refractivity contribution in [2.45, 2.75) is 44.6 Å². The maximum atomic E-state index is 12.3. The monoisotopic (exact) mass is 231 g/mol. The first-order chi connectivity index (χ1) is 8.12. The molecule has 2 atom stereocenters. The zero-order chi connectivity index (χ0) is 12.5. The topological polar surface area (TPSA) is 43.1 Å². The lowest BCUT2D eigenvalue weighted by molar-refractivity contribution is -0.125. The quantitative estimate of drug-likeness (QED) is 0.846. The molecule has 92 valence electrons. The lowest BCUT2D eigenvalue weighted by Crippen LogP contribution is -2.47. The van der Waals surface area contributed by atoms with Gasteiger partial charge in [-0.1, -0.05) is 44.2 Å². The van der Waals surface area contributed by atoms with Crippen LogP contribution in [0, 0.1) is 5.92 Å². The molecule has 1 saturated carbocycles. The molecule has 2 unspecified atom stereocenters. The van der Waals surface area contributed by atoms with Crippen molar-refractivity contribution >= 4 is 5.78 Å². The number of hydrogen-bond donors (Lipinski definition) is 1. The first kappa shape index (κ1) is 12.3. The smallest absolute Gasteiger partial charge is 0.156 e. The van der Waals surface area contributed by atoms with Gasteiger partial charge >= 0.3 is 0 Å². The van der Waals surface area contributed by atoms with E-state index >= 15 is 0 Å². The highest BCUT2D eigenvalue weighted by molar-refractivity contribution is 5.93. The van der Waals surface area contributed by atoms with Crippen LogP contribution in [-0.2, 0) is 4.79 Å². The molecule has 1 aromatic rings. The third-order valence-electron chi connectivity index (χ3n) is 4.11. The molecule has 1 fully saturated rings. The molecule has 0 amide bonds. The second kappa shape index (κ2) is 4.61. The Labute approximate surface area is 103 Å². The molecule has 1 aromatic carbocycles. The zero-order valence-electron chi connectivity index (χ0n) is 10.6. The standard InChI is InChI=1S/C15H21NO/c1-3-15(16,4-2)14(17)13-10-12(13)11-8-6-5-7-9-11/h5-9,12-13H,3-4,10,16H2,1-2H3. The van der Waals surface area contributed by atoms with Crippen molar-refractivity contribution in [3.05, 3.63) is 35.9 Å². The number of carbonyl (C=O) groups excluding carboxylic acids is 1. The van der Waals surface area contributed by atoms with Gasteiger partial charge in [-0.2, -0.15) is 0 Å². The van der Waals surface area contributed by atoms with Gasteiger partial charge in [0.25, 0.3) is 0 Å². The van der Waals surface area contributed by atoms with Gasteiger partial charge in [-0.25, -0.2) is 0 Å². The van der Waals surface area contributed by atoms with E-state index in [1.807, 2.05) is 32.0 Å². The molecule has 1 aliphatic carbocycles. The highest BCUT2D eigenvalue weighted by Gasteiger charge is 2.49. The molecule has 1 aliphatic rings. The van der Waals surface area contributed by atoms with Crippen LogP contribution < -0.4 is 5.73 Å². The summed E-state index contributed by atoms with van der Waals surface area (Å²) in [7, 11) is 0. The van der Waals surface area contributed by atoms with E-state index in [1.54, 1.807) is 0 Å². The van der Waals surface area contributed by atoms with E-state index < -0.39 is 5.54 Å². The third-order valence-corrected chi connectivity index (χ3v) is 4.11. The maximum Gasteiger partial charge on any atom is 0.156 e. The minimum absolute atomic E-state index is 0.155. The van der Waals surface area contributed by atoms with Gasteiger partial charge in [-0.05, 0) is 30.7 Å². The molecule has 0 saturated heterocycles. The van der Waals surface area contributed by atoms with E-state index in [4.69, 9.17) is 5.73 Å². The Balaban J connectivity index is 2.06. The van der Waals surface area contributed by atoms with Crippen LogP contribution in [0.1, 0.15) is 44.6 Å². The fraction of sp³-hybridized carbons (Fsp3) is 0.533. The molecule has 0 spiro atoms. The van der Waals surface area contributed by atoms with Crippen LogP contribution in [0.4, 0.5) is 0 Å². The largest absolute Gasteiger partial charge is 0.319 e. The minimum atomic E-state index is -0.603. The number of Topliss-reactive ketones (excluding diaryl/α,β-unsaturated/α-hetero) is 1. The molecule has 17 heavy (non-hydrogen) atoms. The number of carbonyl (C=O) groups is 1. The van der Waals surface area contributed by atoms with E-state index in [0.717, 1.165) is 19.3 Å². The lowest BCUT2D eigenvalue weighted by Gasteiger charge is -2.25. The zero-order valence-corrected chi connectivity index (χ0v) is 10.6. The van der Waals surface area contributed by atoms with Gasteiger partial charge in [0.15, 0.2) is 5.78 Å². The Hall–Kier alpha value is -1.15. The van der Waals surface area contributed by atoms with E-state index in [1.165, 1.54) is 5.56 Å². The molecular formula is C15H21NO. The Morgan fingerprint density at radius 2 is 1.88 bits per heavy atom. The summed E-state index contributed by atoms with van der Waals surface area (Å²) in [5.74, 6) is 0.823. The summed E-state index contributed by atoms with van der Waals surface area (Å²) < 4.78 is 0. The molecule has 0 aliphatic heterocycles. The minimum Gasteiger partial charge on any atom is -0.319 e. The van der Waals surface area contributed by atoms with Gasteiger partial charge in [0.1, 0.15) is 0 Å². The summed E-state index contributed by atoms with van der Waals surface area (Å²) in [6.45, 7) is 4.00. The average molecular weight is 231 g/mol. The van der Waals surface area contributed by atoms with E-state index in [-0.39, 0.29) is 11.7 Å². The Morgan fingerprint density at radius 1 is 1.29 bits per heavy atom. The van der Waals surface area contributed by atoms with Crippen molar-refractivity contribution in [3.8, 4) is 0 Å². The molecule has 2 rings (SSSR count). The molecule has 2 heteroatoms. The average Bonchev–Trinajstić information content (AvgIpc) is 3.18. The highest BCUT2D eigenvalue weighted by Crippen LogP contribution is 2.49. The lowest BCUT2D eigenvalue weighted by atomic mass is 9.86. The van der Waals surface area contributed by atoms with Gasteiger partial charge in [0.05, 0.1) is 5.54 Å². The second-order valence-electron chi connectivity index (χ2n) is 5.09. The van der Waals surface area contributed by atoms with Crippen molar-refractivity contribution in [1.29, 1.82) is 0 Å². The molecule has 0 aromatic heterocycles. The van der Waals surface area contributed by atoms with E-state index in [0.29, 0.717) is 5.92 Å². The normalized spacial score (nSPS) is 23.5. The summed E-state index contributed by atoms with van der Waals surface area (Å²) in [5.41, 5.74) is 6.85. The van der Waals surface area contributed by atoms with Crippen molar-refractivity contribution in [1.82, 2.24) is 0 Å². The van der Waals surface area contributed by atoms with Gasteiger partial charge in [0.2, 0.25) is 0 Å². The summed E-state index contributed by atoms with van der Waals surface area (Å²) in [5, 5.41) is 0. The first-order valence-corrected chi connectivity index (χ1v) is 6.50. The van der Waals surface area contributed by atoms with Gasteiger partial charge < -0.3 is 5.73 Å². The van der Waals surface area contributed by atoms with Crippen LogP contribution in [0.15, 0.2) is 30.3 Å². The first-order valence-electron chi connectivity index (χ1n) is 6.50. The summed E-state index contributed by atoms with van der Waals surface area (Å²) >= 11 is 0. The number of nitrogens with two attached hydrogens (primary N) is 1. The molecular weight excluding hydrogens is 210 g/mol. The van der Waals surface area contributed by atoms with E-state index in [2.05, 4.69) is 12.1 Å². The Kier molecular flexibility index (Phi) is 3.34. The Bertz CT molecular complexity index is 395. The summed E-state index contributed by atoms with van der Waals surface area (Å²) in [4.78, 5) is 12.3. The van der Waals surface area contributed by atoms with Crippen LogP contribution >= 0.6 is 0 Å². The van der Waals surface area contributed by atoms with Crippen molar-refractivity contribution < 1.29 is 4.79 Å². The van der Waals surface area contributed by atoms with Crippen LogP contribution in [0.25, 0.3) is 0 Å². The highest BCUT2D eigenvalue weighted by atomic mass is 16.1. The van der Waals surface area contributed by atoms with Crippen LogP contribution in [0.3, 0.4) is 0 Å². The maximum absolute atomic E-state index is 12.3. The molecule has 2 N–H and O–H groups in total.